The van der Waals surface area contributed by atoms with Crippen molar-refractivity contribution in [2.75, 3.05) is 30.3 Å². The average Bonchev–Trinajstić information content (AvgIpc) is 2.30. The maximum Gasteiger partial charge on any atom is 0.0988 e. The number of rotatable bonds is 2. The van der Waals surface area contributed by atoms with Gasteiger partial charge in [-0.05, 0) is 32.4 Å². The number of aliphatic hydroxyl groups is 1. The molecule has 3 N–H and O–H groups in total. The molecule has 1 aliphatic rings. The quantitative estimate of drug-likeness (QED) is 0.782. The molecule has 1 heterocycles. The molecule has 4 nitrogen and oxygen atoms in total. The molecule has 18 heavy (non-hydrogen) atoms. The third-order valence-electron chi connectivity index (χ3n) is 3.33. The van der Waals surface area contributed by atoms with Gasteiger partial charge in [-0.25, -0.2) is 0 Å². The number of aryl methyl sites for hydroxylation is 1. The van der Waals surface area contributed by atoms with Crippen molar-refractivity contribution in [3.63, 3.8) is 0 Å². The van der Waals surface area contributed by atoms with E-state index in [9.17, 15) is 5.11 Å². The van der Waals surface area contributed by atoms with E-state index < -0.39 is 0 Å². The highest BCUT2D eigenvalue weighted by molar-refractivity contribution is 5.71. The number of anilines is 2. The minimum absolute atomic E-state index is 0.0334. The summed E-state index contributed by atoms with van der Waals surface area (Å²) in [6, 6.07) is 6.05. The lowest BCUT2D eigenvalue weighted by Gasteiger charge is -2.43. The van der Waals surface area contributed by atoms with Crippen LogP contribution >= 0.6 is 0 Å². The summed E-state index contributed by atoms with van der Waals surface area (Å²) in [5.74, 6) is 0. The molecule has 1 unspecified atom stereocenters. The van der Waals surface area contributed by atoms with E-state index in [-0.39, 0.29) is 18.3 Å². The van der Waals surface area contributed by atoms with Crippen LogP contribution in [-0.4, -0.2) is 36.5 Å². The Labute approximate surface area is 108 Å². The second kappa shape index (κ2) is 4.78. The Morgan fingerprint density at radius 2 is 2.22 bits per heavy atom. The highest BCUT2D eigenvalue weighted by atomic mass is 16.5. The smallest absolute Gasteiger partial charge is 0.0988 e. The van der Waals surface area contributed by atoms with Crippen LogP contribution in [-0.2, 0) is 4.74 Å². The Hall–Kier alpha value is -1.26. The van der Waals surface area contributed by atoms with E-state index in [2.05, 4.69) is 4.90 Å². The van der Waals surface area contributed by atoms with E-state index in [0.29, 0.717) is 6.54 Å². The number of nitrogens with two attached hydrogens (primary N) is 1. The van der Waals surface area contributed by atoms with Gasteiger partial charge in [0.2, 0.25) is 0 Å². The van der Waals surface area contributed by atoms with Crippen LogP contribution in [0.25, 0.3) is 0 Å². The molecule has 4 heteroatoms. The lowest BCUT2D eigenvalue weighted by atomic mass is 10.0. The van der Waals surface area contributed by atoms with Crippen molar-refractivity contribution in [2.24, 2.45) is 0 Å². The van der Waals surface area contributed by atoms with Crippen molar-refractivity contribution in [2.45, 2.75) is 32.5 Å². The van der Waals surface area contributed by atoms with Crippen molar-refractivity contribution in [3.8, 4) is 0 Å². The molecule has 0 saturated carbocycles. The Morgan fingerprint density at radius 3 is 2.89 bits per heavy atom. The van der Waals surface area contributed by atoms with E-state index in [1.807, 2.05) is 39.0 Å². The molecule has 100 valence electrons. The Kier molecular flexibility index (Phi) is 3.50. The van der Waals surface area contributed by atoms with Gasteiger partial charge in [0, 0.05) is 13.1 Å². The number of para-hydroxylation sites is 1. The van der Waals surface area contributed by atoms with Gasteiger partial charge in [-0.1, -0.05) is 12.1 Å². The molecule has 1 saturated heterocycles. The first kappa shape index (κ1) is 13.2. The number of aliphatic hydroxyl groups excluding tert-OH is 1. The summed E-state index contributed by atoms with van der Waals surface area (Å²) in [6.45, 7) is 7.56. The van der Waals surface area contributed by atoms with E-state index in [0.717, 1.165) is 23.5 Å². The van der Waals surface area contributed by atoms with Gasteiger partial charge in [-0.2, -0.15) is 0 Å². The van der Waals surface area contributed by atoms with Crippen molar-refractivity contribution in [3.05, 3.63) is 23.8 Å². The summed E-state index contributed by atoms with van der Waals surface area (Å²) < 4.78 is 5.81. The first-order valence-electron chi connectivity index (χ1n) is 6.31. The van der Waals surface area contributed by atoms with Gasteiger partial charge in [-0.15, -0.1) is 0 Å². The molecule has 0 amide bonds. The molecule has 1 fully saturated rings. The minimum Gasteiger partial charge on any atom is -0.397 e. The van der Waals surface area contributed by atoms with Crippen molar-refractivity contribution in [1.82, 2.24) is 0 Å². The summed E-state index contributed by atoms with van der Waals surface area (Å²) in [6.07, 6.45) is -0.159. The number of benzene rings is 1. The molecule has 0 aliphatic carbocycles. The fourth-order valence-electron chi connectivity index (χ4n) is 2.52. The SMILES string of the molecule is Cc1cccc(N2CC(CO)OC(C)(C)C2)c1N. The molecule has 0 spiro atoms. The topological polar surface area (TPSA) is 58.7 Å². The standard InChI is InChI=1S/C14H22N2O2/c1-10-5-4-6-12(13(10)15)16-7-11(8-17)18-14(2,3)9-16/h4-6,11,17H,7-9,15H2,1-3H3. The number of hydrogen-bond acceptors (Lipinski definition) is 4. The van der Waals surface area contributed by atoms with Crippen molar-refractivity contribution < 1.29 is 9.84 Å². The number of morpholine rings is 1. The summed E-state index contributed by atoms with van der Waals surface area (Å²) in [7, 11) is 0. The van der Waals surface area contributed by atoms with E-state index in [4.69, 9.17) is 10.5 Å². The molecule has 1 aromatic rings. The zero-order valence-electron chi connectivity index (χ0n) is 11.3. The van der Waals surface area contributed by atoms with Crippen LogP contribution < -0.4 is 10.6 Å². The number of nitrogen functional groups attached to an aromatic ring is 1. The van der Waals surface area contributed by atoms with Gasteiger partial charge < -0.3 is 20.5 Å². The molecule has 1 aliphatic heterocycles. The first-order chi connectivity index (χ1) is 8.43. The second-order valence-electron chi connectivity index (χ2n) is 5.57. The molecule has 1 aromatic carbocycles. The van der Waals surface area contributed by atoms with Crippen LogP contribution in [0.3, 0.4) is 0 Å². The van der Waals surface area contributed by atoms with Crippen LogP contribution in [0.1, 0.15) is 19.4 Å². The number of ether oxygens (including phenoxy) is 1. The van der Waals surface area contributed by atoms with Gasteiger partial charge in [0.15, 0.2) is 0 Å². The molecule has 2 rings (SSSR count). The summed E-state index contributed by atoms with van der Waals surface area (Å²) in [5.41, 5.74) is 8.79. The van der Waals surface area contributed by atoms with Crippen LogP contribution in [0.5, 0.6) is 0 Å². The molecular weight excluding hydrogens is 228 g/mol. The van der Waals surface area contributed by atoms with Crippen LogP contribution in [0.4, 0.5) is 11.4 Å². The van der Waals surface area contributed by atoms with Gasteiger partial charge in [-0.3, -0.25) is 0 Å². The fourth-order valence-corrected chi connectivity index (χ4v) is 2.52. The lowest BCUT2D eigenvalue weighted by molar-refractivity contribution is -0.100. The molecule has 0 aromatic heterocycles. The highest BCUT2D eigenvalue weighted by Gasteiger charge is 2.33. The van der Waals surface area contributed by atoms with E-state index >= 15 is 0 Å². The van der Waals surface area contributed by atoms with Gasteiger partial charge in [0.25, 0.3) is 0 Å². The van der Waals surface area contributed by atoms with Crippen molar-refractivity contribution >= 4 is 11.4 Å². The van der Waals surface area contributed by atoms with E-state index in [1.54, 1.807) is 0 Å². The predicted molar refractivity (Wildman–Crippen MR) is 73.8 cm³/mol. The third-order valence-corrected chi connectivity index (χ3v) is 3.33. The highest BCUT2D eigenvalue weighted by Crippen LogP contribution is 2.31. The Morgan fingerprint density at radius 1 is 1.50 bits per heavy atom. The normalized spacial score (nSPS) is 23.1. The summed E-state index contributed by atoms with van der Waals surface area (Å²) in [5, 5.41) is 9.33. The maximum absolute atomic E-state index is 9.33. The number of nitrogens with zero attached hydrogens (tertiary/aromatic N) is 1. The zero-order chi connectivity index (χ0) is 13.3. The second-order valence-corrected chi connectivity index (χ2v) is 5.57. The van der Waals surface area contributed by atoms with E-state index in [1.165, 1.54) is 0 Å². The summed E-state index contributed by atoms with van der Waals surface area (Å²) in [4.78, 5) is 2.20. The maximum atomic E-state index is 9.33. The average molecular weight is 250 g/mol. The number of hydrogen-bond donors (Lipinski definition) is 2. The molecule has 0 bridgehead atoms. The fraction of sp³-hybridized carbons (Fsp3) is 0.571. The minimum atomic E-state index is -0.276. The van der Waals surface area contributed by atoms with Gasteiger partial charge >= 0.3 is 0 Å². The zero-order valence-corrected chi connectivity index (χ0v) is 11.3. The van der Waals surface area contributed by atoms with Crippen molar-refractivity contribution in [1.29, 1.82) is 0 Å². The summed E-state index contributed by atoms with van der Waals surface area (Å²) >= 11 is 0. The lowest BCUT2D eigenvalue weighted by Crippen LogP contribution is -2.54. The predicted octanol–water partition coefficient (Wildman–Crippen LogP) is 1.55. The Balaban J connectivity index is 2.29. The molecular formula is C14H22N2O2. The van der Waals surface area contributed by atoms with Crippen LogP contribution in [0, 0.1) is 6.92 Å². The first-order valence-corrected chi connectivity index (χ1v) is 6.31. The molecule has 0 radical (unpaired) electrons. The van der Waals surface area contributed by atoms with Gasteiger partial charge in [0.05, 0.1) is 29.7 Å². The third kappa shape index (κ3) is 2.60. The molecule has 1 atom stereocenters. The van der Waals surface area contributed by atoms with Crippen LogP contribution in [0.2, 0.25) is 0 Å². The van der Waals surface area contributed by atoms with Gasteiger partial charge in [0.1, 0.15) is 0 Å². The largest absolute Gasteiger partial charge is 0.397 e. The Bertz CT molecular complexity index is 432. The monoisotopic (exact) mass is 250 g/mol. The van der Waals surface area contributed by atoms with Crippen LogP contribution in [0.15, 0.2) is 18.2 Å².